The molecular weight excluding hydrogens is 352 g/mol. The second-order valence-corrected chi connectivity index (χ2v) is 7.91. The summed E-state index contributed by atoms with van der Waals surface area (Å²) >= 11 is 6.10. The Bertz CT molecular complexity index is 632. The summed E-state index contributed by atoms with van der Waals surface area (Å²) in [5, 5.41) is 10.2. The van der Waals surface area contributed by atoms with Crippen molar-refractivity contribution in [3.05, 3.63) is 22.7 Å². The van der Waals surface area contributed by atoms with Crippen molar-refractivity contribution < 1.29 is 14.6 Å². The summed E-state index contributed by atoms with van der Waals surface area (Å²) in [5.41, 5.74) is 1.04. The van der Waals surface area contributed by atoms with Gasteiger partial charge in [0.15, 0.2) is 11.5 Å². The maximum absolute atomic E-state index is 12.3. The van der Waals surface area contributed by atoms with Gasteiger partial charge in [0.2, 0.25) is 5.91 Å². The smallest absolute Gasteiger partial charge is 0.222 e. The fraction of sp³-hybridized carbons (Fsp3) is 0.650. The largest absolute Gasteiger partial charge is 0.503 e. The summed E-state index contributed by atoms with van der Waals surface area (Å²) in [7, 11) is 1.53. The Hall–Kier alpha value is -1.46. The molecule has 1 N–H and O–H groups in total. The number of ether oxygens (including phenoxy) is 1. The summed E-state index contributed by atoms with van der Waals surface area (Å²) in [6, 6.07) is 3.65. The highest BCUT2D eigenvalue weighted by molar-refractivity contribution is 6.32. The minimum absolute atomic E-state index is 0.00476. The molecule has 1 atom stereocenters. The van der Waals surface area contributed by atoms with Crippen molar-refractivity contribution in [3.8, 4) is 11.5 Å². The summed E-state index contributed by atoms with van der Waals surface area (Å²) in [5.74, 6) is 1.31. The van der Waals surface area contributed by atoms with E-state index in [1.165, 1.54) is 13.5 Å². The van der Waals surface area contributed by atoms with Crippen LogP contribution in [0.5, 0.6) is 11.5 Å². The van der Waals surface area contributed by atoms with Gasteiger partial charge in [0, 0.05) is 32.6 Å². The van der Waals surface area contributed by atoms with Gasteiger partial charge in [-0.25, -0.2) is 0 Å². The summed E-state index contributed by atoms with van der Waals surface area (Å²) in [4.78, 5) is 16.7. The summed E-state index contributed by atoms with van der Waals surface area (Å²) < 4.78 is 5.20. The molecule has 1 aromatic carbocycles. The van der Waals surface area contributed by atoms with E-state index in [0.717, 1.165) is 64.0 Å². The first kappa shape index (κ1) is 19.3. The predicted molar refractivity (Wildman–Crippen MR) is 103 cm³/mol. The van der Waals surface area contributed by atoms with Crippen LogP contribution in [0.3, 0.4) is 0 Å². The van der Waals surface area contributed by atoms with Crippen LogP contribution in [0.4, 0.5) is 0 Å². The van der Waals surface area contributed by atoms with Crippen LogP contribution in [0, 0.1) is 5.92 Å². The zero-order chi connectivity index (χ0) is 18.5. The van der Waals surface area contributed by atoms with Crippen molar-refractivity contribution >= 4 is 17.5 Å². The Morgan fingerprint density at radius 3 is 2.77 bits per heavy atom. The molecule has 0 bridgehead atoms. The van der Waals surface area contributed by atoms with Gasteiger partial charge in [0.1, 0.15) is 0 Å². The molecule has 1 unspecified atom stereocenters. The average Bonchev–Trinajstić information content (AvgIpc) is 3.18. The average molecular weight is 381 g/mol. The van der Waals surface area contributed by atoms with E-state index in [0.29, 0.717) is 29.0 Å². The monoisotopic (exact) mass is 380 g/mol. The third-order valence-electron chi connectivity index (χ3n) is 5.54. The molecule has 0 saturated carbocycles. The number of benzene rings is 1. The summed E-state index contributed by atoms with van der Waals surface area (Å²) in [6.45, 7) is 4.73. The maximum Gasteiger partial charge on any atom is 0.222 e. The lowest BCUT2D eigenvalue weighted by Gasteiger charge is -2.33. The van der Waals surface area contributed by atoms with Crippen LogP contribution >= 0.6 is 11.6 Å². The number of nitrogens with zero attached hydrogens (tertiary/aromatic N) is 2. The third kappa shape index (κ3) is 4.83. The topological polar surface area (TPSA) is 53.0 Å². The van der Waals surface area contributed by atoms with Crippen LogP contribution in [0.25, 0.3) is 0 Å². The fourth-order valence-electron chi connectivity index (χ4n) is 4.12. The number of rotatable bonds is 6. The molecule has 1 amide bonds. The highest BCUT2D eigenvalue weighted by atomic mass is 35.5. The second-order valence-electron chi connectivity index (χ2n) is 7.50. The highest BCUT2D eigenvalue weighted by Crippen LogP contribution is 2.35. The van der Waals surface area contributed by atoms with Gasteiger partial charge < -0.3 is 14.7 Å². The first-order valence-electron chi connectivity index (χ1n) is 9.62. The molecule has 0 radical (unpaired) electrons. The lowest BCUT2D eigenvalue weighted by molar-refractivity contribution is -0.130. The number of halogens is 1. The molecule has 2 aliphatic rings. The van der Waals surface area contributed by atoms with Crippen molar-refractivity contribution in [1.82, 2.24) is 9.80 Å². The van der Waals surface area contributed by atoms with Crippen LogP contribution in [0.1, 0.15) is 44.1 Å². The molecule has 2 saturated heterocycles. The molecule has 0 aromatic heterocycles. The van der Waals surface area contributed by atoms with Crippen LogP contribution < -0.4 is 4.74 Å². The minimum atomic E-state index is -0.00476. The van der Waals surface area contributed by atoms with Crippen LogP contribution in [-0.4, -0.2) is 54.1 Å². The number of hydrogen-bond acceptors (Lipinski definition) is 4. The normalized spacial score (nSPS) is 21.2. The van der Waals surface area contributed by atoms with Gasteiger partial charge in [-0.3, -0.25) is 9.69 Å². The summed E-state index contributed by atoms with van der Waals surface area (Å²) in [6.07, 6.45) is 6.32. The van der Waals surface area contributed by atoms with Crippen molar-refractivity contribution in [3.63, 3.8) is 0 Å². The van der Waals surface area contributed by atoms with E-state index in [2.05, 4.69) is 4.90 Å². The molecule has 3 rings (SSSR count). The number of amides is 1. The van der Waals surface area contributed by atoms with E-state index in [-0.39, 0.29) is 5.75 Å². The standard InChI is InChI=1S/C20H29ClN2O3/c1-26-18-12-16(11-17(21)20(18)25)14-22-8-4-5-15(13-22)6-7-19(24)23-9-2-3-10-23/h11-12,15,25H,2-10,13-14H2,1H3. The molecule has 5 nitrogen and oxygen atoms in total. The first-order chi connectivity index (χ1) is 12.6. The second kappa shape index (κ2) is 8.96. The van der Waals surface area contributed by atoms with Crippen LogP contribution in [-0.2, 0) is 11.3 Å². The number of carbonyl (C=O) groups excluding carboxylic acids is 1. The van der Waals surface area contributed by atoms with Gasteiger partial charge in [-0.1, -0.05) is 11.6 Å². The van der Waals surface area contributed by atoms with Gasteiger partial charge in [0.25, 0.3) is 0 Å². The van der Waals surface area contributed by atoms with E-state index in [4.69, 9.17) is 16.3 Å². The van der Waals surface area contributed by atoms with Crippen LogP contribution in [0.2, 0.25) is 5.02 Å². The molecule has 2 heterocycles. The lowest BCUT2D eigenvalue weighted by Crippen LogP contribution is -2.36. The van der Waals surface area contributed by atoms with Crippen molar-refractivity contribution in [2.45, 2.75) is 45.1 Å². The van der Waals surface area contributed by atoms with Gasteiger partial charge in [0.05, 0.1) is 12.1 Å². The van der Waals surface area contributed by atoms with E-state index in [1.54, 1.807) is 6.07 Å². The van der Waals surface area contributed by atoms with Crippen molar-refractivity contribution in [2.75, 3.05) is 33.3 Å². The minimum Gasteiger partial charge on any atom is -0.503 e. The predicted octanol–water partition coefficient (Wildman–Crippen LogP) is 3.67. The Kier molecular flexibility index (Phi) is 6.65. The van der Waals surface area contributed by atoms with Crippen molar-refractivity contribution in [2.24, 2.45) is 5.92 Å². The molecule has 2 aliphatic heterocycles. The number of aromatic hydroxyl groups is 1. The highest BCUT2D eigenvalue weighted by Gasteiger charge is 2.23. The van der Waals surface area contributed by atoms with Gasteiger partial charge in [-0.15, -0.1) is 0 Å². The Morgan fingerprint density at radius 1 is 1.27 bits per heavy atom. The van der Waals surface area contributed by atoms with Crippen LogP contribution in [0.15, 0.2) is 12.1 Å². The zero-order valence-electron chi connectivity index (χ0n) is 15.5. The molecule has 0 spiro atoms. The third-order valence-corrected chi connectivity index (χ3v) is 5.83. The van der Waals surface area contributed by atoms with E-state index in [1.807, 2.05) is 11.0 Å². The lowest BCUT2D eigenvalue weighted by atomic mass is 9.93. The molecular formula is C20H29ClN2O3. The number of carbonyl (C=O) groups is 1. The fourth-order valence-corrected chi connectivity index (χ4v) is 4.35. The molecule has 2 fully saturated rings. The van der Waals surface area contributed by atoms with E-state index >= 15 is 0 Å². The number of phenolic OH excluding ortho intramolecular Hbond substituents is 1. The van der Waals surface area contributed by atoms with Gasteiger partial charge in [-0.05, 0) is 62.3 Å². The van der Waals surface area contributed by atoms with Gasteiger partial charge >= 0.3 is 0 Å². The first-order valence-corrected chi connectivity index (χ1v) is 10.00. The van der Waals surface area contributed by atoms with Gasteiger partial charge in [-0.2, -0.15) is 0 Å². The Morgan fingerprint density at radius 2 is 2.04 bits per heavy atom. The molecule has 1 aromatic rings. The van der Waals surface area contributed by atoms with E-state index < -0.39 is 0 Å². The zero-order valence-corrected chi connectivity index (χ0v) is 16.3. The number of piperidine rings is 1. The number of phenols is 1. The quantitative estimate of drug-likeness (QED) is 0.818. The SMILES string of the molecule is COc1cc(CN2CCCC(CCC(=O)N3CCCC3)C2)cc(Cl)c1O. The maximum atomic E-state index is 12.3. The van der Waals surface area contributed by atoms with E-state index in [9.17, 15) is 9.90 Å². The Labute approximate surface area is 160 Å². The number of methoxy groups -OCH3 is 1. The Balaban J connectivity index is 1.52. The number of hydrogen-bond donors (Lipinski definition) is 1. The number of likely N-dealkylation sites (tertiary alicyclic amines) is 2. The molecule has 6 heteroatoms. The van der Waals surface area contributed by atoms with Crippen molar-refractivity contribution in [1.29, 1.82) is 0 Å². The molecule has 26 heavy (non-hydrogen) atoms. The molecule has 0 aliphatic carbocycles. The molecule has 144 valence electrons.